The van der Waals surface area contributed by atoms with Crippen molar-refractivity contribution in [3.05, 3.63) is 35.4 Å². The molecule has 1 amide bonds. The van der Waals surface area contributed by atoms with Crippen LogP contribution < -0.4 is 5.73 Å². The molecule has 0 atom stereocenters. The Morgan fingerprint density at radius 2 is 1.90 bits per heavy atom. The minimum absolute atomic E-state index is 0. The summed E-state index contributed by atoms with van der Waals surface area (Å²) < 4.78 is 26.6. The normalized spacial score (nSPS) is 21.5. The molecule has 1 aromatic carbocycles. The zero-order valence-electron chi connectivity index (χ0n) is 12.0. The third kappa shape index (κ3) is 4.64. The number of likely N-dealkylation sites (N-methyl/N-ethyl adjacent to an activating group) is 1. The molecule has 1 aliphatic rings. The largest absolute Gasteiger partial charge is 0.342 e. The van der Waals surface area contributed by atoms with E-state index in [-0.39, 0.29) is 42.4 Å². The van der Waals surface area contributed by atoms with Gasteiger partial charge in [0.2, 0.25) is 5.91 Å². The van der Waals surface area contributed by atoms with Crippen molar-refractivity contribution in [3.63, 3.8) is 0 Å². The van der Waals surface area contributed by atoms with Gasteiger partial charge in [0, 0.05) is 24.7 Å². The summed E-state index contributed by atoms with van der Waals surface area (Å²) >= 11 is 0. The number of carbonyl (C=O) groups excluding carboxylic acids is 1. The van der Waals surface area contributed by atoms with E-state index in [1.807, 2.05) is 0 Å². The summed E-state index contributed by atoms with van der Waals surface area (Å²) in [7, 11) is 1.72. The molecule has 0 spiro atoms. The summed E-state index contributed by atoms with van der Waals surface area (Å²) in [6.45, 7) is 0. The lowest BCUT2D eigenvalue weighted by molar-refractivity contribution is -0.131. The number of rotatable bonds is 3. The lowest BCUT2D eigenvalue weighted by atomic mass is 9.91. The molecule has 2 rings (SSSR count). The molecule has 0 unspecified atom stereocenters. The smallest absolute Gasteiger partial charge is 0.227 e. The highest BCUT2D eigenvalue weighted by atomic mass is 35.5. The molecule has 0 radical (unpaired) electrons. The van der Waals surface area contributed by atoms with E-state index in [1.165, 1.54) is 0 Å². The summed E-state index contributed by atoms with van der Waals surface area (Å²) in [6.07, 6.45) is 3.43. The molecule has 0 heterocycles. The molecular formula is C15H21ClF2N2O. The van der Waals surface area contributed by atoms with Crippen molar-refractivity contribution in [1.82, 2.24) is 4.90 Å². The van der Waals surface area contributed by atoms with E-state index in [1.54, 1.807) is 11.9 Å². The van der Waals surface area contributed by atoms with Crippen LogP contribution in [0.1, 0.15) is 31.2 Å². The van der Waals surface area contributed by atoms with Gasteiger partial charge in [-0.2, -0.15) is 0 Å². The number of hydrogen-bond acceptors (Lipinski definition) is 2. The summed E-state index contributed by atoms with van der Waals surface area (Å²) in [4.78, 5) is 13.8. The van der Waals surface area contributed by atoms with Crippen molar-refractivity contribution in [1.29, 1.82) is 0 Å². The Morgan fingerprint density at radius 1 is 1.29 bits per heavy atom. The van der Waals surface area contributed by atoms with Gasteiger partial charge >= 0.3 is 0 Å². The highest BCUT2D eigenvalue weighted by molar-refractivity contribution is 5.85. The first-order chi connectivity index (χ1) is 9.47. The first kappa shape index (κ1) is 17.9. The predicted octanol–water partition coefficient (Wildman–Crippen LogP) is 2.66. The molecule has 0 bridgehead atoms. The molecule has 1 aromatic rings. The van der Waals surface area contributed by atoms with Crippen LogP contribution >= 0.6 is 12.4 Å². The topological polar surface area (TPSA) is 46.3 Å². The average molecular weight is 319 g/mol. The fourth-order valence-electron chi connectivity index (χ4n) is 2.66. The zero-order chi connectivity index (χ0) is 14.7. The van der Waals surface area contributed by atoms with Gasteiger partial charge in [-0.25, -0.2) is 8.78 Å². The first-order valence-corrected chi connectivity index (χ1v) is 6.92. The SMILES string of the molecule is CN(C(=O)Cc1cc(F)ccc1F)C1CCC(N)CC1.Cl. The molecule has 2 N–H and O–H groups in total. The van der Waals surface area contributed by atoms with E-state index in [2.05, 4.69) is 0 Å². The van der Waals surface area contributed by atoms with E-state index < -0.39 is 11.6 Å². The first-order valence-electron chi connectivity index (χ1n) is 6.92. The second-order valence-corrected chi connectivity index (χ2v) is 5.49. The maximum absolute atomic E-state index is 13.5. The summed E-state index contributed by atoms with van der Waals surface area (Å²) in [5, 5.41) is 0. The Hall–Kier alpha value is -1.20. The van der Waals surface area contributed by atoms with E-state index >= 15 is 0 Å². The van der Waals surface area contributed by atoms with Crippen molar-refractivity contribution in [2.24, 2.45) is 5.73 Å². The lowest BCUT2D eigenvalue weighted by Crippen LogP contribution is -2.42. The second kappa shape index (κ2) is 7.71. The standard InChI is InChI=1S/C15H20F2N2O.ClH/c1-19(13-5-3-12(18)4-6-13)15(20)9-10-8-11(16)2-7-14(10)17;/h2,7-8,12-13H,3-6,9,18H2,1H3;1H. The zero-order valence-corrected chi connectivity index (χ0v) is 12.8. The molecule has 0 aromatic heterocycles. The second-order valence-electron chi connectivity index (χ2n) is 5.49. The number of benzene rings is 1. The third-order valence-electron chi connectivity index (χ3n) is 4.03. The van der Waals surface area contributed by atoms with E-state index in [9.17, 15) is 13.6 Å². The molecule has 3 nitrogen and oxygen atoms in total. The fraction of sp³-hybridized carbons (Fsp3) is 0.533. The quantitative estimate of drug-likeness (QED) is 0.931. The lowest BCUT2D eigenvalue weighted by Gasteiger charge is -2.33. The number of carbonyl (C=O) groups is 1. The minimum Gasteiger partial charge on any atom is -0.342 e. The van der Waals surface area contributed by atoms with Gasteiger partial charge in [0.15, 0.2) is 0 Å². The molecule has 118 valence electrons. The summed E-state index contributed by atoms with van der Waals surface area (Å²) in [5.41, 5.74) is 5.94. The van der Waals surface area contributed by atoms with Gasteiger partial charge in [-0.3, -0.25) is 4.79 Å². The average Bonchev–Trinajstić information content (AvgIpc) is 2.43. The van der Waals surface area contributed by atoms with Crippen LogP contribution in [0.25, 0.3) is 0 Å². The van der Waals surface area contributed by atoms with E-state index in [0.29, 0.717) is 0 Å². The van der Waals surface area contributed by atoms with Gasteiger partial charge in [-0.1, -0.05) is 0 Å². The molecule has 0 saturated heterocycles. The van der Waals surface area contributed by atoms with Gasteiger partial charge in [0.25, 0.3) is 0 Å². The highest BCUT2D eigenvalue weighted by Gasteiger charge is 2.25. The van der Waals surface area contributed by atoms with Crippen molar-refractivity contribution in [2.45, 2.75) is 44.2 Å². The van der Waals surface area contributed by atoms with Gasteiger partial charge < -0.3 is 10.6 Å². The van der Waals surface area contributed by atoms with Crippen LogP contribution in [0, 0.1) is 11.6 Å². The molecule has 21 heavy (non-hydrogen) atoms. The Labute approximate surface area is 129 Å². The molecule has 0 aliphatic heterocycles. The number of nitrogens with zero attached hydrogens (tertiary/aromatic N) is 1. The van der Waals surface area contributed by atoms with Crippen molar-refractivity contribution >= 4 is 18.3 Å². The molecule has 1 fully saturated rings. The van der Waals surface area contributed by atoms with Gasteiger partial charge in [0.1, 0.15) is 11.6 Å². The molecule has 1 saturated carbocycles. The molecular weight excluding hydrogens is 298 g/mol. The Bertz CT molecular complexity index is 491. The van der Waals surface area contributed by atoms with Crippen LogP contribution in [0.3, 0.4) is 0 Å². The highest BCUT2D eigenvalue weighted by Crippen LogP contribution is 2.22. The van der Waals surface area contributed by atoms with Crippen LogP contribution in [-0.2, 0) is 11.2 Å². The van der Waals surface area contributed by atoms with Crippen LogP contribution in [0.15, 0.2) is 18.2 Å². The Balaban J connectivity index is 0.00000220. The fourth-order valence-corrected chi connectivity index (χ4v) is 2.66. The predicted molar refractivity (Wildman–Crippen MR) is 80.3 cm³/mol. The number of amides is 1. The Morgan fingerprint density at radius 3 is 2.52 bits per heavy atom. The monoisotopic (exact) mass is 318 g/mol. The minimum atomic E-state index is -0.543. The third-order valence-corrected chi connectivity index (χ3v) is 4.03. The number of halogens is 3. The van der Waals surface area contributed by atoms with Crippen molar-refractivity contribution in [3.8, 4) is 0 Å². The van der Waals surface area contributed by atoms with Crippen LogP contribution in [0.2, 0.25) is 0 Å². The molecule has 6 heteroatoms. The number of hydrogen-bond donors (Lipinski definition) is 1. The van der Waals surface area contributed by atoms with Crippen molar-refractivity contribution in [2.75, 3.05) is 7.05 Å². The maximum Gasteiger partial charge on any atom is 0.227 e. The van der Waals surface area contributed by atoms with Gasteiger partial charge in [-0.05, 0) is 43.9 Å². The van der Waals surface area contributed by atoms with Gasteiger partial charge in [0.05, 0.1) is 6.42 Å². The van der Waals surface area contributed by atoms with Crippen LogP contribution in [0.5, 0.6) is 0 Å². The van der Waals surface area contributed by atoms with Gasteiger partial charge in [-0.15, -0.1) is 12.4 Å². The van der Waals surface area contributed by atoms with Crippen LogP contribution in [0.4, 0.5) is 8.78 Å². The van der Waals surface area contributed by atoms with Crippen LogP contribution in [-0.4, -0.2) is 29.9 Å². The van der Waals surface area contributed by atoms with Crippen molar-refractivity contribution < 1.29 is 13.6 Å². The maximum atomic E-state index is 13.5. The van der Waals surface area contributed by atoms with E-state index in [0.717, 1.165) is 43.9 Å². The van der Waals surface area contributed by atoms with E-state index in [4.69, 9.17) is 5.73 Å². The summed E-state index contributed by atoms with van der Waals surface area (Å²) in [5.74, 6) is -1.26. The summed E-state index contributed by atoms with van der Waals surface area (Å²) in [6, 6.07) is 3.56. The number of nitrogens with two attached hydrogens (primary N) is 1. The Kier molecular flexibility index (Phi) is 6.55. The molecule has 1 aliphatic carbocycles.